The van der Waals surface area contributed by atoms with Crippen molar-refractivity contribution in [1.29, 1.82) is 0 Å². The molecule has 0 aliphatic heterocycles. The summed E-state index contributed by atoms with van der Waals surface area (Å²) in [7, 11) is 1.38. The summed E-state index contributed by atoms with van der Waals surface area (Å²) in [5.41, 5.74) is 1.04. The topological polar surface area (TPSA) is 75.6 Å². The Kier molecular flexibility index (Phi) is 4.79. The van der Waals surface area contributed by atoms with Gasteiger partial charge in [-0.15, -0.1) is 0 Å². The van der Waals surface area contributed by atoms with E-state index in [9.17, 15) is 9.59 Å². The molecule has 1 amide bonds. The molecular weight excluding hydrogens is 385 g/mol. The molecule has 0 saturated carbocycles. The number of hydrogen-bond donors (Lipinski definition) is 2. The zero-order valence-electron chi connectivity index (χ0n) is 11.1. The van der Waals surface area contributed by atoms with E-state index in [-0.39, 0.29) is 17.2 Å². The average molecular weight is 397 g/mol. The van der Waals surface area contributed by atoms with Crippen LogP contribution in [-0.4, -0.2) is 24.1 Å². The summed E-state index contributed by atoms with van der Waals surface area (Å²) < 4.78 is 6.06. The van der Waals surface area contributed by atoms with E-state index in [0.717, 1.165) is 3.57 Å². The molecule has 0 saturated heterocycles. The predicted molar refractivity (Wildman–Crippen MR) is 87.1 cm³/mol. The highest BCUT2D eigenvalue weighted by atomic mass is 127. The Morgan fingerprint density at radius 1 is 1.14 bits per heavy atom. The number of amides is 1. The maximum absolute atomic E-state index is 12.1. The number of ether oxygens (including phenoxy) is 1. The number of carbonyl (C=O) groups excluding carboxylic acids is 1. The fraction of sp³-hybridized carbons (Fsp3) is 0.0667. The smallest absolute Gasteiger partial charge is 0.339 e. The first-order chi connectivity index (χ1) is 10.0. The molecule has 0 spiro atoms. The molecule has 6 heteroatoms. The Morgan fingerprint density at radius 3 is 2.38 bits per heavy atom. The summed E-state index contributed by atoms with van der Waals surface area (Å²) in [6, 6.07) is 11.5. The minimum Gasteiger partial charge on any atom is -0.496 e. The van der Waals surface area contributed by atoms with Crippen molar-refractivity contribution in [1.82, 2.24) is 0 Å². The molecule has 0 atom stereocenters. The second kappa shape index (κ2) is 6.57. The third kappa shape index (κ3) is 3.72. The SMILES string of the molecule is COc1cc(NC(=O)c2ccc(I)cc2)ccc1C(=O)O. The van der Waals surface area contributed by atoms with Crippen LogP contribution in [0.15, 0.2) is 42.5 Å². The van der Waals surface area contributed by atoms with E-state index in [4.69, 9.17) is 9.84 Å². The van der Waals surface area contributed by atoms with Gasteiger partial charge >= 0.3 is 5.97 Å². The van der Waals surface area contributed by atoms with Crippen molar-refractivity contribution in [2.75, 3.05) is 12.4 Å². The highest BCUT2D eigenvalue weighted by Gasteiger charge is 2.13. The summed E-state index contributed by atoms with van der Waals surface area (Å²) in [4.78, 5) is 23.1. The molecule has 0 radical (unpaired) electrons. The van der Waals surface area contributed by atoms with Gasteiger partial charge in [0.1, 0.15) is 11.3 Å². The van der Waals surface area contributed by atoms with Crippen LogP contribution in [0.4, 0.5) is 5.69 Å². The molecule has 0 unspecified atom stereocenters. The molecule has 0 fully saturated rings. The number of methoxy groups -OCH3 is 1. The number of rotatable bonds is 4. The van der Waals surface area contributed by atoms with Gasteiger partial charge in [-0.1, -0.05) is 0 Å². The number of carboxylic acid groups (broad SMARTS) is 1. The normalized spacial score (nSPS) is 10.0. The van der Waals surface area contributed by atoms with Crippen LogP contribution in [0.3, 0.4) is 0 Å². The van der Waals surface area contributed by atoms with Gasteiger partial charge in [0.15, 0.2) is 0 Å². The Balaban J connectivity index is 2.21. The first-order valence-electron chi connectivity index (χ1n) is 5.99. The van der Waals surface area contributed by atoms with Gasteiger partial charge in [-0.3, -0.25) is 4.79 Å². The van der Waals surface area contributed by atoms with Crippen molar-refractivity contribution in [2.45, 2.75) is 0 Å². The molecule has 2 aromatic rings. The number of carbonyl (C=O) groups is 2. The maximum Gasteiger partial charge on any atom is 0.339 e. The summed E-state index contributed by atoms with van der Waals surface area (Å²) in [6.45, 7) is 0. The molecule has 0 aromatic heterocycles. The molecule has 108 valence electrons. The van der Waals surface area contributed by atoms with Crippen LogP contribution in [0.5, 0.6) is 5.75 Å². The lowest BCUT2D eigenvalue weighted by atomic mass is 10.1. The lowest BCUT2D eigenvalue weighted by Gasteiger charge is -2.09. The van der Waals surface area contributed by atoms with Crippen molar-refractivity contribution in [2.24, 2.45) is 0 Å². The van der Waals surface area contributed by atoms with Crippen molar-refractivity contribution in [3.8, 4) is 5.75 Å². The minimum atomic E-state index is -1.08. The molecule has 0 aliphatic carbocycles. The van der Waals surface area contributed by atoms with Crippen LogP contribution in [0.25, 0.3) is 0 Å². The highest BCUT2D eigenvalue weighted by Crippen LogP contribution is 2.23. The van der Waals surface area contributed by atoms with Crippen LogP contribution in [-0.2, 0) is 0 Å². The van der Waals surface area contributed by atoms with Gasteiger partial charge in [-0.25, -0.2) is 4.79 Å². The van der Waals surface area contributed by atoms with Crippen molar-refractivity contribution in [3.05, 3.63) is 57.2 Å². The first-order valence-corrected chi connectivity index (χ1v) is 7.07. The molecule has 0 bridgehead atoms. The largest absolute Gasteiger partial charge is 0.496 e. The Morgan fingerprint density at radius 2 is 1.81 bits per heavy atom. The quantitative estimate of drug-likeness (QED) is 0.777. The van der Waals surface area contributed by atoms with E-state index in [1.165, 1.54) is 25.3 Å². The van der Waals surface area contributed by atoms with Crippen molar-refractivity contribution in [3.63, 3.8) is 0 Å². The van der Waals surface area contributed by atoms with E-state index >= 15 is 0 Å². The van der Waals surface area contributed by atoms with Crippen LogP contribution in [0.1, 0.15) is 20.7 Å². The Hall–Kier alpha value is -2.09. The fourth-order valence-corrected chi connectivity index (χ4v) is 2.11. The third-order valence-electron chi connectivity index (χ3n) is 2.80. The molecule has 0 heterocycles. The lowest BCUT2D eigenvalue weighted by molar-refractivity contribution is 0.0693. The predicted octanol–water partition coefficient (Wildman–Crippen LogP) is 3.25. The molecule has 21 heavy (non-hydrogen) atoms. The monoisotopic (exact) mass is 397 g/mol. The van der Waals surface area contributed by atoms with E-state index in [0.29, 0.717) is 11.3 Å². The number of nitrogens with one attached hydrogen (secondary N) is 1. The van der Waals surface area contributed by atoms with Crippen LogP contribution in [0.2, 0.25) is 0 Å². The van der Waals surface area contributed by atoms with E-state index < -0.39 is 5.97 Å². The second-order valence-corrected chi connectivity index (χ2v) is 5.43. The Labute approximate surface area is 135 Å². The minimum absolute atomic E-state index is 0.0461. The molecule has 2 aromatic carbocycles. The maximum atomic E-state index is 12.1. The van der Waals surface area contributed by atoms with Gasteiger partial charge in [0.2, 0.25) is 0 Å². The van der Waals surface area contributed by atoms with Gasteiger partial charge in [-0.2, -0.15) is 0 Å². The molecule has 5 nitrogen and oxygen atoms in total. The van der Waals surface area contributed by atoms with E-state index in [1.54, 1.807) is 12.1 Å². The van der Waals surface area contributed by atoms with Gasteiger partial charge in [0.05, 0.1) is 7.11 Å². The third-order valence-corrected chi connectivity index (χ3v) is 3.52. The first kappa shape index (κ1) is 15.3. The molecular formula is C15H12INO4. The average Bonchev–Trinajstić information content (AvgIpc) is 2.47. The number of anilines is 1. The van der Waals surface area contributed by atoms with Crippen LogP contribution >= 0.6 is 22.6 Å². The Bertz CT molecular complexity index is 683. The molecule has 2 N–H and O–H groups in total. The van der Waals surface area contributed by atoms with Gasteiger partial charge in [0, 0.05) is 20.9 Å². The van der Waals surface area contributed by atoms with E-state index in [2.05, 4.69) is 27.9 Å². The van der Waals surface area contributed by atoms with Gasteiger partial charge in [-0.05, 0) is 59.0 Å². The second-order valence-electron chi connectivity index (χ2n) is 4.18. The summed E-state index contributed by atoms with van der Waals surface area (Å²) in [5.74, 6) is -1.15. The van der Waals surface area contributed by atoms with E-state index in [1.807, 2.05) is 12.1 Å². The summed E-state index contributed by atoms with van der Waals surface area (Å²) in [6.07, 6.45) is 0. The van der Waals surface area contributed by atoms with Crippen molar-refractivity contribution < 1.29 is 19.4 Å². The highest BCUT2D eigenvalue weighted by molar-refractivity contribution is 14.1. The molecule has 0 aliphatic rings. The fourth-order valence-electron chi connectivity index (χ4n) is 1.75. The lowest BCUT2D eigenvalue weighted by Crippen LogP contribution is -2.12. The zero-order valence-corrected chi connectivity index (χ0v) is 13.2. The van der Waals surface area contributed by atoms with Gasteiger partial charge in [0.25, 0.3) is 5.91 Å². The number of benzene rings is 2. The van der Waals surface area contributed by atoms with Crippen molar-refractivity contribution >= 4 is 40.2 Å². The van der Waals surface area contributed by atoms with Crippen LogP contribution in [0, 0.1) is 3.57 Å². The standard InChI is InChI=1S/C15H12INO4/c1-21-13-8-11(6-7-12(13)15(19)20)17-14(18)9-2-4-10(16)5-3-9/h2-8H,1H3,(H,17,18)(H,19,20). The number of hydrogen-bond acceptors (Lipinski definition) is 3. The zero-order chi connectivity index (χ0) is 15.4. The number of carboxylic acids is 1. The summed E-state index contributed by atoms with van der Waals surface area (Å²) >= 11 is 2.16. The van der Waals surface area contributed by atoms with Crippen LogP contribution < -0.4 is 10.1 Å². The number of halogens is 1. The molecule has 2 rings (SSSR count). The number of aromatic carboxylic acids is 1. The van der Waals surface area contributed by atoms with Gasteiger partial charge < -0.3 is 15.2 Å². The summed E-state index contributed by atoms with van der Waals surface area (Å²) in [5, 5.41) is 11.7.